The molecule has 1 unspecified atom stereocenters. The van der Waals surface area contributed by atoms with Crippen LogP contribution in [-0.2, 0) is 13.6 Å². The molecule has 30 heavy (non-hydrogen) atoms. The number of halogens is 1. The molecule has 1 N–H and O–H groups in total. The van der Waals surface area contributed by atoms with Crippen LogP contribution in [-0.4, -0.2) is 61.2 Å². The van der Waals surface area contributed by atoms with Gasteiger partial charge in [-0.1, -0.05) is 30.3 Å². The van der Waals surface area contributed by atoms with Crippen LogP contribution in [0.1, 0.15) is 30.7 Å². The summed E-state index contributed by atoms with van der Waals surface area (Å²) in [5.41, 5.74) is 0.444. The Morgan fingerprint density at radius 2 is 1.97 bits per heavy atom. The number of aryl methyl sites for hydroxylation is 1. The van der Waals surface area contributed by atoms with Crippen LogP contribution in [0.2, 0.25) is 0 Å². The normalized spacial score (nSPS) is 18.0. The monoisotopic (exact) mass is 413 g/mol. The Kier molecular flexibility index (Phi) is 5.97. The maximum Gasteiger partial charge on any atom is 0.264 e. The Bertz CT molecular complexity index is 1040. The zero-order chi connectivity index (χ0) is 21.1. The zero-order valence-corrected chi connectivity index (χ0v) is 17.2. The summed E-state index contributed by atoms with van der Waals surface area (Å²) < 4.78 is 16.6. The first-order chi connectivity index (χ1) is 14.5. The lowest BCUT2D eigenvalue weighted by atomic mass is 9.90. The minimum Gasteiger partial charge on any atom is -0.388 e. The summed E-state index contributed by atoms with van der Waals surface area (Å²) in [5.74, 6) is -0.0946. The van der Waals surface area contributed by atoms with Gasteiger partial charge in [0.1, 0.15) is 11.7 Å². The number of nitrogens with zero attached hydrogens (tertiary/aromatic N) is 5. The van der Waals surface area contributed by atoms with Gasteiger partial charge in [-0.2, -0.15) is 5.10 Å². The van der Waals surface area contributed by atoms with Gasteiger partial charge in [-0.15, -0.1) is 0 Å². The lowest BCUT2D eigenvalue weighted by molar-refractivity contribution is -0.0352. The molecule has 0 saturated carbocycles. The average molecular weight is 413 g/mol. The number of benzene rings is 1. The van der Waals surface area contributed by atoms with E-state index in [0.717, 1.165) is 31.6 Å². The van der Waals surface area contributed by atoms with Crippen molar-refractivity contribution in [2.24, 2.45) is 7.05 Å². The van der Waals surface area contributed by atoms with E-state index in [0.29, 0.717) is 23.9 Å². The Balaban J connectivity index is 1.34. The van der Waals surface area contributed by atoms with Crippen LogP contribution >= 0.6 is 0 Å². The highest BCUT2D eigenvalue weighted by atomic mass is 19.1. The molecule has 4 rings (SSSR count). The second-order valence-corrected chi connectivity index (χ2v) is 8.30. The molecule has 7 nitrogen and oxygen atoms in total. The van der Waals surface area contributed by atoms with Crippen molar-refractivity contribution in [3.8, 4) is 0 Å². The van der Waals surface area contributed by atoms with E-state index in [2.05, 4.69) is 15.0 Å². The lowest BCUT2D eigenvalue weighted by Crippen LogP contribution is -2.48. The predicted molar refractivity (Wildman–Crippen MR) is 113 cm³/mol. The number of aliphatic hydroxyl groups is 1. The number of likely N-dealkylation sites (tertiary alicyclic amines) is 1. The number of rotatable bonds is 7. The molecule has 8 heteroatoms. The van der Waals surface area contributed by atoms with Crippen molar-refractivity contribution in [2.75, 3.05) is 26.3 Å². The van der Waals surface area contributed by atoms with Crippen molar-refractivity contribution in [3.05, 3.63) is 58.8 Å². The minimum atomic E-state index is -0.948. The van der Waals surface area contributed by atoms with Gasteiger partial charge < -0.3 is 10.0 Å². The quantitative estimate of drug-likeness (QED) is 0.642. The summed E-state index contributed by atoms with van der Waals surface area (Å²) in [5, 5.41) is 15.6. The molecule has 3 aromatic rings. The van der Waals surface area contributed by atoms with Gasteiger partial charge in [0, 0.05) is 26.1 Å². The molecule has 1 atom stereocenters. The van der Waals surface area contributed by atoms with Crippen molar-refractivity contribution in [1.29, 1.82) is 0 Å². The van der Waals surface area contributed by atoms with Gasteiger partial charge >= 0.3 is 0 Å². The van der Waals surface area contributed by atoms with Crippen LogP contribution in [0.4, 0.5) is 4.39 Å². The largest absolute Gasteiger partial charge is 0.388 e. The molecule has 1 aromatic carbocycles. The summed E-state index contributed by atoms with van der Waals surface area (Å²) in [6.45, 7) is 2.09. The van der Waals surface area contributed by atoms with Gasteiger partial charge in [0.25, 0.3) is 5.56 Å². The van der Waals surface area contributed by atoms with E-state index < -0.39 is 5.60 Å². The van der Waals surface area contributed by atoms with Crippen molar-refractivity contribution < 1.29 is 9.50 Å². The Labute approximate surface area is 174 Å². The molecule has 0 aliphatic carbocycles. The zero-order valence-electron chi connectivity index (χ0n) is 17.2. The molecule has 1 saturated heterocycles. The molecule has 1 aliphatic rings. The van der Waals surface area contributed by atoms with Crippen molar-refractivity contribution in [2.45, 2.75) is 37.3 Å². The molecular formula is C22H28FN5O2. The van der Waals surface area contributed by atoms with Crippen LogP contribution < -0.4 is 5.56 Å². The number of fused-ring (bicyclic) bond motifs is 1. The topological polar surface area (TPSA) is 76.2 Å². The molecule has 1 fully saturated rings. The number of alkyl halides is 1. The number of piperidine rings is 1. The lowest BCUT2D eigenvalue weighted by Gasteiger charge is -2.38. The minimum absolute atomic E-state index is 0.0946. The van der Waals surface area contributed by atoms with Gasteiger partial charge in [-0.05, 0) is 31.4 Å². The van der Waals surface area contributed by atoms with Crippen LogP contribution in [0.5, 0.6) is 0 Å². The summed E-state index contributed by atoms with van der Waals surface area (Å²) in [4.78, 5) is 19.3. The Morgan fingerprint density at radius 1 is 1.23 bits per heavy atom. The van der Waals surface area contributed by atoms with Crippen LogP contribution in [0.3, 0.4) is 0 Å². The van der Waals surface area contributed by atoms with Crippen LogP contribution in [0, 0.1) is 0 Å². The average Bonchev–Trinajstić information content (AvgIpc) is 3.14. The highest BCUT2D eigenvalue weighted by Gasteiger charge is 2.33. The van der Waals surface area contributed by atoms with Crippen molar-refractivity contribution in [3.63, 3.8) is 0 Å². The Morgan fingerprint density at radius 3 is 2.67 bits per heavy atom. The standard InChI is InChI=1S/C22H28FN5O2/c1-26-20-19(14-25-26)21(29)28(16-24-20)15-22(30)8-11-27(12-9-22)10-7-18(13-23)17-5-3-2-4-6-17/h2-6,14,16,18,30H,7-13,15H2,1H3. The second kappa shape index (κ2) is 8.65. The fourth-order valence-electron chi connectivity index (χ4n) is 4.24. The van der Waals surface area contributed by atoms with E-state index in [1.165, 1.54) is 17.1 Å². The SMILES string of the molecule is Cn1ncc2c(=O)n(CC3(O)CCN(CCC(CF)c4ccccc4)CC3)cnc21. The second-order valence-electron chi connectivity index (χ2n) is 8.30. The Hall–Kier alpha value is -2.58. The summed E-state index contributed by atoms with van der Waals surface area (Å²) in [7, 11) is 1.74. The fourth-order valence-corrected chi connectivity index (χ4v) is 4.24. The maximum atomic E-state index is 13.5. The molecule has 0 amide bonds. The smallest absolute Gasteiger partial charge is 0.264 e. The molecule has 0 spiro atoms. The molecule has 0 radical (unpaired) electrons. The maximum absolute atomic E-state index is 13.5. The van der Waals surface area contributed by atoms with E-state index >= 15 is 0 Å². The highest BCUT2D eigenvalue weighted by molar-refractivity contribution is 5.72. The van der Waals surface area contributed by atoms with E-state index in [9.17, 15) is 14.3 Å². The fraction of sp³-hybridized carbons (Fsp3) is 0.500. The third kappa shape index (κ3) is 4.29. The van der Waals surface area contributed by atoms with Crippen molar-refractivity contribution in [1.82, 2.24) is 24.2 Å². The highest BCUT2D eigenvalue weighted by Crippen LogP contribution is 2.26. The first kappa shape index (κ1) is 20.7. The molecule has 0 bridgehead atoms. The number of aromatic nitrogens is 4. The molecule has 3 heterocycles. The van der Waals surface area contributed by atoms with Crippen molar-refractivity contribution >= 4 is 11.0 Å². The molecule has 1 aliphatic heterocycles. The van der Waals surface area contributed by atoms with E-state index in [4.69, 9.17) is 0 Å². The van der Waals surface area contributed by atoms with E-state index in [1.54, 1.807) is 11.7 Å². The number of hydrogen-bond donors (Lipinski definition) is 1. The van der Waals surface area contributed by atoms with Gasteiger partial charge in [0.05, 0.1) is 25.0 Å². The van der Waals surface area contributed by atoms with Crippen LogP contribution in [0.15, 0.2) is 47.7 Å². The first-order valence-corrected chi connectivity index (χ1v) is 10.4. The first-order valence-electron chi connectivity index (χ1n) is 10.4. The number of hydrogen-bond acceptors (Lipinski definition) is 5. The summed E-state index contributed by atoms with van der Waals surface area (Å²) >= 11 is 0. The molecule has 2 aromatic heterocycles. The molecular weight excluding hydrogens is 385 g/mol. The van der Waals surface area contributed by atoms with E-state index in [1.807, 2.05) is 30.3 Å². The van der Waals surface area contributed by atoms with Gasteiger partial charge in [-0.3, -0.25) is 18.4 Å². The van der Waals surface area contributed by atoms with Crippen LogP contribution in [0.25, 0.3) is 11.0 Å². The van der Waals surface area contributed by atoms with Gasteiger partial charge in [-0.25, -0.2) is 4.98 Å². The predicted octanol–water partition coefficient (Wildman–Crippen LogP) is 2.10. The molecule has 160 valence electrons. The third-order valence-electron chi connectivity index (χ3n) is 6.22. The van der Waals surface area contributed by atoms with E-state index in [-0.39, 0.29) is 24.7 Å². The van der Waals surface area contributed by atoms with Gasteiger partial charge in [0.2, 0.25) is 0 Å². The van der Waals surface area contributed by atoms with Gasteiger partial charge in [0.15, 0.2) is 5.65 Å². The third-order valence-corrected chi connectivity index (χ3v) is 6.22. The summed E-state index contributed by atoms with van der Waals surface area (Å²) in [6.07, 6.45) is 4.89. The summed E-state index contributed by atoms with van der Waals surface area (Å²) in [6, 6.07) is 9.78.